The summed E-state index contributed by atoms with van der Waals surface area (Å²) >= 11 is 1.56. The first-order chi connectivity index (χ1) is 13.0. The van der Waals surface area contributed by atoms with E-state index in [1.54, 1.807) is 16.2 Å². The van der Waals surface area contributed by atoms with Crippen LogP contribution in [0.5, 0.6) is 0 Å². The molecule has 1 unspecified atom stereocenters. The van der Waals surface area contributed by atoms with E-state index in [0.717, 1.165) is 28.3 Å². The van der Waals surface area contributed by atoms with E-state index in [1.807, 2.05) is 0 Å². The molecule has 1 aromatic carbocycles. The molecule has 0 saturated carbocycles. The molecule has 6 heteroatoms. The summed E-state index contributed by atoms with van der Waals surface area (Å²) in [6, 6.07) is 8.96. The molecule has 0 radical (unpaired) electrons. The molecule has 0 bridgehead atoms. The van der Waals surface area contributed by atoms with Crippen LogP contribution in [0.2, 0.25) is 0 Å². The Labute approximate surface area is 163 Å². The number of nitrogens with zero attached hydrogens (tertiary/aromatic N) is 1. The summed E-state index contributed by atoms with van der Waals surface area (Å²) in [5, 5.41) is 2.77. The molecule has 27 heavy (non-hydrogen) atoms. The second-order valence-corrected chi connectivity index (χ2v) is 8.82. The van der Waals surface area contributed by atoms with E-state index in [0.29, 0.717) is 11.4 Å². The van der Waals surface area contributed by atoms with Gasteiger partial charge in [-0.05, 0) is 12.5 Å². The molecule has 3 heterocycles. The van der Waals surface area contributed by atoms with Crippen LogP contribution >= 0.6 is 11.3 Å². The number of likely N-dealkylation sites (tertiary alicyclic amines) is 1. The highest BCUT2D eigenvalue weighted by Crippen LogP contribution is 2.30. The van der Waals surface area contributed by atoms with Gasteiger partial charge in [0.15, 0.2) is 5.82 Å². The predicted molar refractivity (Wildman–Crippen MR) is 111 cm³/mol. The monoisotopic (exact) mass is 384 g/mol. The maximum Gasteiger partial charge on any atom is 0.260 e. The lowest BCUT2D eigenvalue weighted by molar-refractivity contribution is -0.948. The number of fused-ring (bicyclic) bond motifs is 1. The van der Waals surface area contributed by atoms with Crippen molar-refractivity contribution in [2.75, 3.05) is 27.2 Å². The van der Waals surface area contributed by atoms with Crippen LogP contribution in [0.25, 0.3) is 21.3 Å². The maximum atomic E-state index is 12.8. The minimum absolute atomic E-state index is 0.0209. The van der Waals surface area contributed by atoms with E-state index in [-0.39, 0.29) is 5.56 Å². The average molecular weight is 385 g/mol. The molecule has 5 nitrogen and oxygen atoms in total. The van der Waals surface area contributed by atoms with Crippen molar-refractivity contribution in [3.8, 4) is 11.1 Å². The van der Waals surface area contributed by atoms with Crippen molar-refractivity contribution < 1.29 is 9.80 Å². The Morgan fingerprint density at radius 3 is 2.67 bits per heavy atom. The van der Waals surface area contributed by atoms with Crippen molar-refractivity contribution in [1.82, 2.24) is 9.97 Å². The molecule has 0 spiro atoms. The molecule has 4 rings (SSSR count). The molecule has 1 aliphatic heterocycles. The first-order valence-corrected chi connectivity index (χ1v) is 10.6. The van der Waals surface area contributed by atoms with Crippen LogP contribution in [0.1, 0.15) is 24.2 Å². The first kappa shape index (κ1) is 18.3. The van der Waals surface area contributed by atoms with Gasteiger partial charge in [-0.3, -0.25) is 4.79 Å². The smallest absolute Gasteiger partial charge is 0.260 e. The first-order valence-electron chi connectivity index (χ1n) is 9.72. The molecule has 0 amide bonds. The highest BCUT2D eigenvalue weighted by Gasteiger charge is 2.26. The summed E-state index contributed by atoms with van der Waals surface area (Å²) in [6.45, 7) is 5.30. The van der Waals surface area contributed by atoms with Crippen LogP contribution in [0, 0.1) is 6.92 Å². The van der Waals surface area contributed by atoms with Gasteiger partial charge in [0.05, 0.1) is 38.6 Å². The second-order valence-electron chi connectivity index (χ2n) is 7.96. The minimum atomic E-state index is -0.0209. The zero-order valence-corrected chi connectivity index (χ0v) is 17.1. The third kappa shape index (κ3) is 3.83. The minimum Gasteiger partial charge on any atom is -0.337 e. The van der Waals surface area contributed by atoms with E-state index >= 15 is 0 Å². The molecule has 3 aromatic rings. The number of rotatable bonds is 4. The molecule has 1 atom stereocenters. The Hall–Kier alpha value is -2.02. The van der Waals surface area contributed by atoms with Gasteiger partial charge in [0, 0.05) is 23.8 Å². The lowest BCUT2D eigenvalue weighted by atomic mass is 10.0. The van der Waals surface area contributed by atoms with Gasteiger partial charge in [-0.1, -0.05) is 29.8 Å². The SMILES string of the molecule is Cc1ccc(-c2csc3nc(C[NH+](C)C4CC[NH+](C)CC4)[nH]c(=O)c23)cc1. The fraction of sp³-hybridized carbons (Fsp3) is 0.429. The highest BCUT2D eigenvalue weighted by atomic mass is 32.1. The Balaban J connectivity index is 1.59. The second kappa shape index (κ2) is 7.54. The number of nitrogens with one attached hydrogen (secondary N) is 3. The number of aromatic amines is 1. The number of thiophene rings is 1. The fourth-order valence-electron chi connectivity index (χ4n) is 4.03. The van der Waals surface area contributed by atoms with Crippen molar-refractivity contribution in [2.24, 2.45) is 0 Å². The van der Waals surface area contributed by atoms with Crippen molar-refractivity contribution in [2.45, 2.75) is 32.4 Å². The van der Waals surface area contributed by atoms with Gasteiger partial charge < -0.3 is 14.8 Å². The van der Waals surface area contributed by atoms with E-state index in [2.05, 4.69) is 55.6 Å². The molecular formula is C21H28N4OS+2. The van der Waals surface area contributed by atoms with Crippen LogP contribution in [-0.2, 0) is 6.54 Å². The molecule has 3 N–H and O–H groups in total. The molecule has 2 aromatic heterocycles. The maximum absolute atomic E-state index is 12.8. The summed E-state index contributed by atoms with van der Waals surface area (Å²) in [5.74, 6) is 0.800. The molecule has 142 valence electrons. The van der Waals surface area contributed by atoms with E-state index < -0.39 is 0 Å². The quantitative estimate of drug-likeness (QED) is 0.619. The van der Waals surface area contributed by atoms with Gasteiger partial charge in [-0.15, -0.1) is 11.3 Å². The van der Waals surface area contributed by atoms with Gasteiger partial charge in [0.2, 0.25) is 0 Å². The number of aryl methyl sites for hydroxylation is 1. The largest absolute Gasteiger partial charge is 0.337 e. The van der Waals surface area contributed by atoms with Gasteiger partial charge in [-0.2, -0.15) is 0 Å². The topological polar surface area (TPSA) is 54.6 Å². The Morgan fingerprint density at radius 2 is 1.96 bits per heavy atom. The third-order valence-corrected chi connectivity index (χ3v) is 6.71. The normalized spacial score (nSPS) is 21.4. The zero-order valence-electron chi connectivity index (χ0n) is 16.3. The molecule has 1 saturated heterocycles. The Morgan fingerprint density at radius 1 is 1.26 bits per heavy atom. The van der Waals surface area contributed by atoms with Crippen LogP contribution in [0.15, 0.2) is 34.4 Å². The van der Waals surface area contributed by atoms with Crippen molar-refractivity contribution in [1.29, 1.82) is 0 Å². The van der Waals surface area contributed by atoms with Crippen molar-refractivity contribution in [3.63, 3.8) is 0 Å². The number of hydrogen-bond acceptors (Lipinski definition) is 3. The lowest BCUT2D eigenvalue weighted by Gasteiger charge is -2.30. The number of H-pyrrole nitrogens is 1. The van der Waals surface area contributed by atoms with Gasteiger partial charge in [-0.25, -0.2) is 4.98 Å². The van der Waals surface area contributed by atoms with Gasteiger partial charge in [0.1, 0.15) is 11.4 Å². The van der Waals surface area contributed by atoms with E-state index in [4.69, 9.17) is 4.98 Å². The van der Waals surface area contributed by atoms with E-state index in [9.17, 15) is 4.79 Å². The summed E-state index contributed by atoms with van der Waals surface area (Å²) in [6.07, 6.45) is 2.47. The molecule has 1 fully saturated rings. The Kier molecular flexibility index (Phi) is 5.12. The number of piperidine rings is 1. The summed E-state index contributed by atoms with van der Waals surface area (Å²) in [4.78, 5) is 24.6. The van der Waals surface area contributed by atoms with E-state index in [1.165, 1.54) is 36.4 Å². The zero-order chi connectivity index (χ0) is 19.0. The lowest BCUT2D eigenvalue weighted by Crippen LogP contribution is -3.17. The van der Waals surface area contributed by atoms with Gasteiger partial charge >= 0.3 is 0 Å². The standard InChI is InChI=1S/C21H26N4OS/c1-14-4-6-15(7-5-14)17-13-27-21-19(17)20(26)22-18(23-21)12-25(3)16-8-10-24(2)11-9-16/h4-7,13,16H,8-12H2,1-3H3,(H,22,23,26)/p+2. The predicted octanol–water partition coefficient (Wildman–Crippen LogP) is 0.652. The molecule has 0 aliphatic carbocycles. The number of benzene rings is 1. The van der Waals surface area contributed by atoms with Gasteiger partial charge in [0.25, 0.3) is 5.56 Å². The number of aromatic nitrogens is 2. The fourth-order valence-corrected chi connectivity index (χ4v) is 5.00. The van der Waals surface area contributed by atoms with Crippen LogP contribution in [0.3, 0.4) is 0 Å². The summed E-state index contributed by atoms with van der Waals surface area (Å²) in [5.41, 5.74) is 3.25. The van der Waals surface area contributed by atoms with Crippen molar-refractivity contribution >= 4 is 21.6 Å². The highest BCUT2D eigenvalue weighted by molar-refractivity contribution is 7.17. The Bertz CT molecular complexity index is 984. The average Bonchev–Trinajstić information content (AvgIpc) is 3.07. The summed E-state index contributed by atoms with van der Waals surface area (Å²) < 4.78 is 0. The summed E-state index contributed by atoms with van der Waals surface area (Å²) in [7, 11) is 4.49. The number of quaternary nitrogens is 2. The number of hydrogen-bond donors (Lipinski definition) is 3. The third-order valence-electron chi connectivity index (χ3n) is 5.84. The van der Waals surface area contributed by atoms with Crippen LogP contribution in [0.4, 0.5) is 0 Å². The van der Waals surface area contributed by atoms with Crippen LogP contribution < -0.4 is 15.4 Å². The molecule has 1 aliphatic rings. The molecular weight excluding hydrogens is 356 g/mol. The van der Waals surface area contributed by atoms with Crippen molar-refractivity contribution in [3.05, 3.63) is 51.4 Å². The van der Waals surface area contributed by atoms with Crippen LogP contribution in [-0.4, -0.2) is 43.2 Å².